The molecule has 0 aliphatic heterocycles. The third kappa shape index (κ3) is 10.8. The summed E-state index contributed by atoms with van der Waals surface area (Å²) < 4.78 is 0. The molecule has 32 heavy (non-hydrogen) atoms. The molecule has 0 spiro atoms. The van der Waals surface area contributed by atoms with Crippen LogP contribution in [0.5, 0.6) is 0 Å². The summed E-state index contributed by atoms with van der Waals surface area (Å²) in [5, 5.41) is 46.3. The molecule has 0 unspecified atom stereocenters. The van der Waals surface area contributed by atoms with E-state index in [1.54, 1.807) is 0 Å². The van der Waals surface area contributed by atoms with E-state index in [1.165, 1.54) is 24.3 Å². The van der Waals surface area contributed by atoms with Crippen LogP contribution < -0.4 is 21.3 Å². The lowest BCUT2D eigenvalue weighted by Crippen LogP contribution is -2.40. The van der Waals surface area contributed by atoms with Crippen LogP contribution in [-0.2, 0) is 19.2 Å². The van der Waals surface area contributed by atoms with Crippen molar-refractivity contribution in [3.63, 3.8) is 0 Å². The summed E-state index contributed by atoms with van der Waals surface area (Å²) in [5.74, 6) is -3.41. The number of carbonyl (C=O) groups is 4. The molecule has 12 nitrogen and oxygen atoms in total. The minimum absolute atomic E-state index is 0.0917. The maximum atomic E-state index is 12.1. The van der Waals surface area contributed by atoms with Crippen LogP contribution in [0.4, 0.5) is 11.4 Å². The highest BCUT2D eigenvalue weighted by atomic mass is 16.4. The van der Waals surface area contributed by atoms with Crippen molar-refractivity contribution in [3.05, 3.63) is 24.3 Å². The predicted octanol–water partition coefficient (Wildman–Crippen LogP) is -0.806. The molecule has 1 aromatic carbocycles. The fourth-order valence-electron chi connectivity index (χ4n) is 2.64. The molecule has 0 fully saturated rings. The molecular formula is C20H30N4O8. The molecule has 1 rings (SSSR count). The van der Waals surface area contributed by atoms with E-state index in [1.807, 2.05) is 0 Å². The predicted molar refractivity (Wildman–Crippen MR) is 115 cm³/mol. The first-order chi connectivity index (χ1) is 15.3. The van der Waals surface area contributed by atoms with Crippen molar-refractivity contribution in [3.8, 4) is 0 Å². The Kier molecular flexibility index (Phi) is 12.5. The SMILES string of the molecule is O=C(C[C@H](NCCCO)C(=O)O)Nc1ccc(NC(=O)C[C@H](NCCCO)C(=O)O)cc1. The van der Waals surface area contributed by atoms with Gasteiger partial charge in [0, 0.05) is 24.6 Å². The fraction of sp³-hybridized carbons (Fsp3) is 0.500. The van der Waals surface area contributed by atoms with Gasteiger partial charge in [-0.05, 0) is 50.2 Å². The van der Waals surface area contributed by atoms with E-state index in [0.717, 1.165) is 0 Å². The fourth-order valence-corrected chi connectivity index (χ4v) is 2.64. The highest BCUT2D eigenvalue weighted by Gasteiger charge is 2.21. The number of aliphatic hydroxyl groups is 2. The van der Waals surface area contributed by atoms with Crippen molar-refractivity contribution in [1.29, 1.82) is 0 Å². The molecule has 0 radical (unpaired) electrons. The van der Waals surface area contributed by atoms with Crippen LogP contribution in [-0.4, -0.2) is 82.6 Å². The second-order valence-corrected chi connectivity index (χ2v) is 6.93. The third-order valence-corrected chi connectivity index (χ3v) is 4.28. The van der Waals surface area contributed by atoms with Gasteiger partial charge in [-0.2, -0.15) is 0 Å². The number of hydrogen-bond acceptors (Lipinski definition) is 8. The van der Waals surface area contributed by atoms with E-state index in [-0.39, 0.29) is 39.1 Å². The number of amides is 2. The Morgan fingerprint density at radius 1 is 0.688 bits per heavy atom. The third-order valence-electron chi connectivity index (χ3n) is 4.28. The van der Waals surface area contributed by atoms with E-state index in [9.17, 15) is 19.2 Å². The lowest BCUT2D eigenvalue weighted by atomic mass is 10.1. The second kappa shape index (κ2) is 14.9. The maximum Gasteiger partial charge on any atom is 0.321 e. The topological polar surface area (TPSA) is 197 Å². The van der Waals surface area contributed by atoms with Gasteiger partial charge in [-0.15, -0.1) is 0 Å². The van der Waals surface area contributed by atoms with Crippen LogP contribution >= 0.6 is 0 Å². The number of rotatable bonds is 16. The zero-order chi connectivity index (χ0) is 23.9. The molecule has 0 heterocycles. The van der Waals surface area contributed by atoms with Gasteiger partial charge in [0.1, 0.15) is 12.1 Å². The van der Waals surface area contributed by atoms with Crippen LogP contribution in [0, 0.1) is 0 Å². The number of carboxylic acids is 2. The summed E-state index contributed by atoms with van der Waals surface area (Å²) in [6, 6.07) is 3.86. The van der Waals surface area contributed by atoms with E-state index in [4.69, 9.17) is 20.4 Å². The van der Waals surface area contributed by atoms with Gasteiger partial charge < -0.3 is 41.7 Å². The lowest BCUT2D eigenvalue weighted by Gasteiger charge is -2.15. The number of anilines is 2. The first kappa shape index (κ1) is 27.0. The quantitative estimate of drug-likeness (QED) is 0.146. The van der Waals surface area contributed by atoms with E-state index in [0.29, 0.717) is 24.2 Å². The van der Waals surface area contributed by atoms with Gasteiger partial charge in [0.25, 0.3) is 0 Å². The molecule has 0 aliphatic rings. The summed E-state index contributed by atoms with van der Waals surface area (Å²) in [6.07, 6.45) is 0.118. The van der Waals surface area contributed by atoms with Crippen molar-refractivity contribution >= 4 is 35.1 Å². The molecule has 0 bridgehead atoms. The molecular weight excluding hydrogens is 424 g/mol. The standard InChI is InChI=1S/C20H30N4O8/c25-9-1-7-21-15(19(29)30)11-17(27)23-13-3-5-14(6-4-13)24-18(28)12-16(20(31)32)22-8-2-10-26/h3-6,15-16,21-22,25-26H,1-2,7-12H2,(H,23,27)(H,24,28)(H,29,30)(H,31,32)/t15-,16-/m0/s1. The van der Waals surface area contributed by atoms with Gasteiger partial charge in [-0.25, -0.2) is 0 Å². The van der Waals surface area contributed by atoms with Gasteiger partial charge in [0.2, 0.25) is 11.8 Å². The van der Waals surface area contributed by atoms with Crippen molar-refractivity contribution in [2.24, 2.45) is 0 Å². The Labute approximate surface area is 185 Å². The molecule has 178 valence electrons. The molecule has 12 heteroatoms. The summed E-state index contributed by atoms with van der Waals surface area (Å²) in [7, 11) is 0. The number of carbonyl (C=O) groups excluding carboxylic acids is 2. The number of nitrogens with one attached hydrogen (secondary N) is 4. The van der Waals surface area contributed by atoms with Gasteiger partial charge in [-0.1, -0.05) is 0 Å². The Morgan fingerprint density at radius 2 is 1.03 bits per heavy atom. The van der Waals surface area contributed by atoms with Gasteiger partial charge in [-0.3, -0.25) is 19.2 Å². The smallest absolute Gasteiger partial charge is 0.321 e. The number of benzene rings is 1. The first-order valence-electron chi connectivity index (χ1n) is 10.1. The van der Waals surface area contributed by atoms with Crippen molar-refractivity contribution in [1.82, 2.24) is 10.6 Å². The Bertz CT molecular complexity index is 693. The van der Waals surface area contributed by atoms with Crippen LogP contribution in [0.3, 0.4) is 0 Å². The molecule has 0 saturated carbocycles. The number of carboxylic acid groups (broad SMARTS) is 2. The minimum atomic E-state index is -1.18. The monoisotopic (exact) mass is 454 g/mol. The van der Waals surface area contributed by atoms with Crippen LogP contribution in [0.1, 0.15) is 25.7 Å². The van der Waals surface area contributed by atoms with Gasteiger partial charge in [0.05, 0.1) is 12.8 Å². The van der Waals surface area contributed by atoms with Crippen LogP contribution in [0.25, 0.3) is 0 Å². The summed E-state index contributed by atoms with van der Waals surface area (Å²) in [5.41, 5.74) is 0.781. The normalized spacial score (nSPS) is 12.6. The zero-order valence-corrected chi connectivity index (χ0v) is 17.5. The molecule has 1 aromatic rings. The van der Waals surface area contributed by atoms with E-state index < -0.39 is 35.8 Å². The molecule has 0 aliphatic carbocycles. The van der Waals surface area contributed by atoms with Crippen molar-refractivity contribution < 1.29 is 39.6 Å². The molecule has 0 aromatic heterocycles. The molecule has 2 atom stereocenters. The van der Waals surface area contributed by atoms with Crippen molar-refractivity contribution in [2.45, 2.75) is 37.8 Å². The van der Waals surface area contributed by atoms with Crippen molar-refractivity contribution in [2.75, 3.05) is 36.9 Å². The Balaban J connectivity index is 2.55. The number of aliphatic hydroxyl groups excluding tert-OH is 2. The highest BCUT2D eigenvalue weighted by molar-refractivity contribution is 5.96. The Hall–Kier alpha value is -3.06. The zero-order valence-electron chi connectivity index (χ0n) is 17.5. The number of hydrogen-bond donors (Lipinski definition) is 8. The largest absolute Gasteiger partial charge is 0.480 e. The molecule has 0 saturated heterocycles. The summed E-state index contributed by atoms with van der Waals surface area (Å²) >= 11 is 0. The average Bonchev–Trinajstić information content (AvgIpc) is 2.73. The van der Waals surface area contributed by atoms with Crippen LogP contribution in [0.15, 0.2) is 24.3 Å². The lowest BCUT2D eigenvalue weighted by molar-refractivity contribution is -0.141. The van der Waals surface area contributed by atoms with Gasteiger partial charge >= 0.3 is 11.9 Å². The molecule has 2 amide bonds. The van der Waals surface area contributed by atoms with E-state index >= 15 is 0 Å². The minimum Gasteiger partial charge on any atom is -0.480 e. The highest BCUT2D eigenvalue weighted by Crippen LogP contribution is 2.14. The summed E-state index contributed by atoms with van der Waals surface area (Å²) in [6.45, 7) is 0.334. The van der Waals surface area contributed by atoms with E-state index in [2.05, 4.69) is 21.3 Å². The summed E-state index contributed by atoms with van der Waals surface area (Å²) in [4.78, 5) is 46.7. The Morgan fingerprint density at radius 3 is 1.31 bits per heavy atom. The van der Waals surface area contributed by atoms with Crippen LogP contribution in [0.2, 0.25) is 0 Å². The maximum absolute atomic E-state index is 12.1. The average molecular weight is 454 g/mol. The van der Waals surface area contributed by atoms with Gasteiger partial charge in [0.15, 0.2) is 0 Å². The first-order valence-corrected chi connectivity index (χ1v) is 10.1. The molecule has 8 N–H and O–H groups in total. The number of aliphatic carboxylic acids is 2. The second-order valence-electron chi connectivity index (χ2n) is 6.93.